The van der Waals surface area contributed by atoms with Crippen molar-refractivity contribution in [2.75, 3.05) is 0 Å². The molecular formula is C24H50O8. The number of hydrogen-bond donors (Lipinski definition) is 0. The molecule has 0 rings (SSSR count). The number of rotatable bonds is 19. The van der Waals surface area contributed by atoms with E-state index in [1.807, 2.05) is 62.3 Å². The van der Waals surface area contributed by atoms with E-state index in [-0.39, 0.29) is 0 Å². The van der Waals surface area contributed by atoms with Crippen molar-refractivity contribution in [1.29, 1.82) is 0 Å². The zero-order chi connectivity index (χ0) is 25.1. The van der Waals surface area contributed by atoms with E-state index >= 15 is 0 Å². The van der Waals surface area contributed by atoms with Crippen LogP contribution >= 0.6 is 0 Å². The Morgan fingerprint density at radius 3 is 0.656 bits per heavy atom. The lowest BCUT2D eigenvalue weighted by Crippen LogP contribution is -2.44. The van der Waals surface area contributed by atoms with E-state index in [0.717, 1.165) is 25.7 Å². The second-order valence-corrected chi connectivity index (χ2v) is 9.44. The van der Waals surface area contributed by atoms with Gasteiger partial charge in [-0.25, -0.2) is 9.78 Å². The van der Waals surface area contributed by atoms with Crippen LogP contribution in [0.3, 0.4) is 0 Å². The monoisotopic (exact) mass is 466 g/mol. The molecule has 2 atom stereocenters. The van der Waals surface area contributed by atoms with Gasteiger partial charge in [0.05, 0.1) is 0 Å². The molecule has 0 aliphatic heterocycles. The molecule has 0 aliphatic carbocycles. The maximum atomic E-state index is 5.69. The average molecular weight is 467 g/mol. The van der Waals surface area contributed by atoms with Gasteiger partial charge in [0, 0.05) is 19.3 Å². The third-order valence-corrected chi connectivity index (χ3v) is 6.54. The van der Waals surface area contributed by atoms with Crippen molar-refractivity contribution in [2.24, 2.45) is 0 Å². The molecule has 194 valence electrons. The second kappa shape index (κ2) is 13.5. The standard InChI is InChI=1S/C24H50O8/c1-13-20(8,14-2)25-27-22(10,17-5)29-31-24(12,19-7)32-30-23(11,18-6)28-26-21(9,15-3)16-4/h13-19H2,1-12H3. The average Bonchev–Trinajstić information content (AvgIpc) is 2.83. The SMILES string of the molecule is CCC(C)(CC)OOC(C)(CC)OOC(C)(CC)OOC(C)(CC)OOC(C)(CC)CC. The van der Waals surface area contributed by atoms with Crippen LogP contribution in [0.5, 0.6) is 0 Å². The highest BCUT2D eigenvalue weighted by Gasteiger charge is 2.39. The van der Waals surface area contributed by atoms with Gasteiger partial charge in [-0.05, 0) is 60.3 Å². The van der Waals surface area contributed by atoms with Gasteiger partial charge in [-0.3, -0.25) is 0 Å². The summed E-state index contributed by atoms with van der Waals surface area (Å²) < 4.78 is 0. The lowest BCUT2D eigenvalue weighted by molar-refractivity contribution is -0.611. The molecule has 0 N–H and O–H groups in total. The van der Waals surface area contributed by atoms with Crippen LogP contribution in [0.2, 0.25) is 0 Å². The topological polar surface area (TPSA) is 73.8 Å². The summed E-state index contributed by atoms with van der Waals surface area (Å²) in [5, 5.41) is 0. The molecule has 0 spiro atoms. The predicted molar refractivity (Wildman–Crippen MR) is 123 cm³/mol. The fourth-order valence-electron chi connectivity index (χ4n) is 1.86. The van der Waals surface area contributed by atoms with Crippen LogP contribution in [-0.2, 0) is 39.1 Å². The molecule has 2 unspecified atom stereocenters. The van der Waals surface area contributed by atoms with Crippen molar-refractivity contribution in [3.8, 4) is 0 Å². The van der Waals surface area contributed by atoms with Crippen molar-refractivity contribution in [2.45, 2.75) is 157 Å². The Kier molecular flexibility index (Phi) is 13.4. The summed E-state index contributed by atoms with van der Waals surface area (Å²) in [5.41, 5.74) is -0.807. The lowest BCUT2D eigenvalue weighted by Gasteiger charge is -2.37. The normalized spacial score (nSPS) is 18.8. The summed E-state index contributed by atoms with van der Waals surface area (Å²) >= 11 is 0. The maximum Gasteiger partial charge on any atom is 0.231 e. The van der Waals surface area contributed by atoms with Crippen molar-refractivity contribution in [1.82, 2.24) is 0 Å². The van der Waals surface area contributed by atoms with Crippen molar-refractivity contribution in [3.63, 3.8) is 0 Å². The summed E-state index contributed by atoms with van der Waals surface area (Å²) in [5.74, 6) is -3.45. The maximum absolute atomic E-state index is 5.69. The first-order chi connectivity index (χ1) is 14.8. The molecule has 8 heteroatoms. The van der Waals surface area contributed by atoms with Gasteiger partial charge in [0.1, 0.15) is 11.2 Å². The minimum Gasteiger partial charge on any atom is -0.227 e. The third-order valence-electron chi connectivity index (χ3n) is 6.54. The van der Waals surface area contributed by atoms with Crippen LogP contribution in [0.4, 0.5) is 0 Å². The smallest absolute Gasteiger partial charge is 0.227 e. The van der Waals surface area contributed by atoms with Gasteiger partial charge in [0.2, 0.25) is 17.4 Å². The summed E-state index contributed by atoms with van der Waals surface area (Å²) in [6, 6.07) is 0. The molecule has 0 aromatic rings. The summed E-state index contributed by atoms with van der Waals surface area (Å²) in [6.07, 6.45) is 4.65. The molecule has 0 aliphatic rings. The van der Waals surface area contributed by atoms with E-state index in [9.17, 15) is 0 Å². The molecule has 0 bridgehead atoms. The molecule has 0 fully saturated rings. The lowest BCUT2D eigenvalue weighted by atomic mass is 10.0. The molecule has 8 nitrogen and oxygen atoms in total. The van der Waals surface area contributed by atoms with E-state index in [1.54, 1.807) is 20.8 Å². The zero-order valence-electron chi connectivity index (χ0n) is 22.7. The van der Waals surface area contributed by atoms with Gasteiger partial charge >= 0.3 is 0 Å². The zero-order valence-corrected chi connectivity index (χ0v) is 22.7. The Hall–Kier alpha value is -0.320. The fourth-order valence-corrected chi connectivity index (χ4v) is 1.86. The van der Waals surface area contributed by atoms with Crippen molar-refractivity contribution >= 4 is 0 Å². The first kappa shape index (κ1) is 31.7. The highest BCUT2D eigenvalue weighted by atomic mass is 17.4. The van der Waals surface area contributed by atoms with Crippen molar-refractivity contribution in [3.05, 3.63) is 0 Å². The quantitative estimate of drug-likeness (QED) is 0.111. The second-order valence-electron chi connectivity index (χ2n) is 9.44. The van der Waals surface area contributed by atoms with Gasteiger partial charge in [-0.1, -0.05) is 48.5 Å². The Labute approximate surface area is 196 Å². The first-order valence-electron chi connectivity index (χ1n) is 12.2. The summed E-state index contributed by atoms with van der Waals surface area (Å²) in [4.78, 5) is 45.2. The number of hydrogen-bond acceptors (Lipinski definition) is 8. The minimum absolute atomic E-state index is 0.404. The summed E-state index contributed by atoms with van der Waals surface area (Å²) in [7, 11) is 0. The largest absolute Gasteiger partial charge is 0.231 e. The van der Waals surface area contributed by atoms with Crippen molar-refractivity contribution < 1.29 is 39.1 Å². The molecule has 32 heavy (non-hydrogen) atoms. The molecule has 0 radical (unpaired) electrons. The molecule has 0 saturated heterocycles. The van der Waals surface area contributed by atoms with Crippen LogP contribution in [0.1, 0.15) is 128 Å². The van der Waals surface area contributed by atoms with Gasteiger partial charge in [0.15, 0.2) is 0 Å². The Morgan fingerprint density at radius 1 is 0.312 bits per heavy atom. The van der Waals surface area contributed by atoms with Crippen LogP contribution in [0.15, 0.2) is 0 Å². The minimum atomic E-state index is -1.21. The fraction of sp³-hybridized carbons (Fsp3) is 1.00. The van der Waals surface area contributed by atoms with E-state index < -0.39 is 28.6 Å². The molecule has 0 aromatic carbocycles. The first-order valence-corrected chi connectivity index (χ1v) is 12.2. The van der Waals surface area contributed by atoms with E-state index in [4.69, 9.17) is 39.1 Å². The van der Waals surface area contributed by atoms with Gasteiger partial charge in [-0.2, -0.15) is 29.3 Å². The third kappa shape index (κ3) is 10.3. The molecule has 0 saturated carbocycles. The van der Waals surface area contributed by atoms with Crippen LogP contribution in [-0.4, -0.2) is 28.6 Å². The van der Waals surface area contributed by atoms with Crippen LogP contribution in [0.25, 0.3) is 0 Å². The van der Waals surface area contributed by atoms with Gasteiger partial charge < -0.3 is 0 Å². The van der Waals surface area contributed by atoms with Gasteiger partial charge in [0.25, 0.3) is 0 Å². The molecule has 0 amide bonds. The Morgan fingerprint density at radius 2 is 0.500 bits per heavy atom. The summed E-state index contributed by atoms with van der Waals surface area (Å²) in [6.45, 7) is 23.1. The van der Waals surface area contributed by atoms with Crippen LogP contribution in [0, 0.1) is 0 Å². The Balaban J connectivity index is 5.03. The Bertz CT molecular complexity index is 466. The predicted octanol–water partition coefficient (Wildman–Crippen LogP) is 7.32. The van der Waals surface area contributed by atoms with E-state index in [0.29, 0.717) is 19.3 Å². The van der Waals surface area contributed by atoms with E-state index in [2.05, 4.69) is 0 Å². The highest BCUT2D eigenvalue weighted by Crippen LogP contribution is 2.31. The highest BCUT2D eigenvalue weighted by molar-refractivity contribution is 4.70. The van der Waals surface area contributed by atoms with Gasteiger partial charge in [-0.15, -0.1) is 0 Å². The molecule has 0 heterocycles. The molecular weight excluding hydrogens is 416 g/mol. The van der Waals surface area contributed by atoms with E-state index in [1.165, 1.54) is 0 Å². The van der Waals surface area contributed by atoms with Crippen LogP contribution < -0.4 is 0 Å². The molecule has 0 aromatic heterocycles.